The number of aromatic nitrogens is 2. The van der Waals surface area contributed by atoms with E-state index in [-0.39, 0.29) is 0 Å². The Balaban J connectivity index is 2.47. The first-order valence-corrected chi connectivity index (χ1v) is 6.31. The van der Waals surface area contributed by atoms with Crippen LogP contribution in [0.1, 0.15) is 30.8 Å². The molecule has 0 aliphatic carbocycles. The summed E-state index contributed by atoms with van der Waals surface area (Å²) in [6.45, 7) is 10.6. The van der Waals surface area contributed by atoms with Crippen LogP contribution in [-0.2, 0) is 6.54 Å². The molecule has 0 fully saturated rings. The van der Waals surface area contributed by atoms with Crippen molar-refractivity contribution in [3.05, 3.63) is 17.0 Å². The molecule has 98 valence electrons. The van der Waals surface area contributed by atoms with E-state index in [1.165, 1.54) is 11.3 Å². The summed E-state index contributed by atoms with van der Waals surface area (Å²) in [6, 6.07) is 0.572. The second-order valence-electron chi connectivity index (χ2n) is 5.32. The maximum absolute atomic E-state index is 4.21. The smallest absolute Gasteiger partial charge is 0.0638 e. The molecule has 0 aliphatic heterocycles. The van der Waals surface area contributed by atoms with E-state index < -0.39 is 0 Å². The third-order valence-corrected chi connectivity index (χ3v) is 3.37. The first kappa shape index (κ1) is 14.2. The summed E-state index contributed by atoms with van der Waals surface area (Å²) in [7, 11) is 4.28. The Bertz CT molecular complexity index is 314. The van der Waals surface area contributed by atoms with Crippen LogP contribution in [0.3, 0.4) is 0 Å². The molecular formula is C13H26N4. The molecular weight excluding hydrogens is 212 g/mol. The van der Waals surface area contributed by atoms with Gasteiger partial charge in [0, 0.05) is 30.4 Å². The van der Waals surface area contributed by atoms with Gasteiger partial charge in [-0.25, -0.2) is 0 Å². The van der Waals surface area contributed by atoms with Gasteiger partial charge in [-0.2, -0.15) is 5.10 Å². The molecule has 0 bridgehead atoms. The van der Waals surface area contributed by atoms with E-state index in [9.17, 15) is 0 Å². The minimum Gasteiger partial charge on any atom is -0.311 e. The molecule has 0 aromatic carbocycles. The summed E-state index contributed by atoms with van der Waals surface area (Å²) in [5, 5.41) is 10.8. The molecule has 4 nitrogen and oxygen atoms in total. The van der Waals surface area contributed by atoms with Crippen LogP contribution >= 0.6 is 0 Å². The predicted octanol–water partition coefficient (Wildman–Crippen LogP) is 1.70. The van der Waals surface area contributed by atoms with Gasteiger partial charge in [-0.1, -0.05) is 13.8 Å². The highest BCUT2D eigenvalue weighted by atomic mass is 15.1. The highest BCUT2D eigenvalue weighted by Crippen LogP contribution is 2.10. The van der Waals surface area contributed by atoms with Crippen molar-refractivity contribution in [3.8, 4) is 0 Å². The summed E-state index contributed by atoms with van der Waals surface area (Å²) in [5.41, 5.74) is 3.56. The van der Waals surface area contributed by atoms with Crippen LogP contribution < -0.4 is 5.32 Å². The number of rotatable bonds is 6. The van der Waals surface area contributed by atoms with Crippen molar-refractivity contribution in [1.29, 1.82) is 0 Å². The lowest BCUT2D eigenvalue weighted by Gasteiger charge is -2.28. The molecule has 0 saturated heterocycles. The van der Waals surface area contributed by atoms with Gasteiger partial charge in [0.15, 0.2) is 0 Å². The second kappa shape index (κ2) is 6.17. The Morgan fingerprint density at radius 3 is 2.35 bits per heavy atom. The van der Waals surface area contributed by atoms with E-state index in [1.807, 2.05) is 6.92 Å². The molecule has 1 heterocycles. The van der Waals surface area contributed by atoms with Gasteiger partial charge in [0.2, 0.25) is 0 Å². The van der Waals surface area contributed by atoms with E-state index in [1.54, 1.807) is 0 Å². The molecule has 17 heavy (non-hydrogen) atoms. The Morgan fingerprint density at radius 2 is 1.94 bits per heavy atom. The fourth-order valence-electron chi connectivity index (χ4n) is 2.19. The number of aryl methyl sites for hydroxylation is 2. The molecule has 1 aromatic rings. The fraction of sp³-hybridized carbons (Fsp3) is 0.769. The summed E-state index contributed by atoms with van der Waals surface area (Å²) in [5.74, 6) is 0.657. The summed E-state index contributed by atoms with van der Waals surface area (Å²) >= 11 is 0. The Labute approximate surface area is 105 Å². The average molecular weight is 238 g/mol. The third kappa shape index (κ3) is 3.82. The molecule has 2 N–H and O–H groups in total. The van der Waals surface area contributed by atoms with Gasteiger partial charge in [0.05, 0.1) is 5.69 Å². The average Bonchev–Trinajstić information content (AvgIpc) is 2.53. The molecule has 1 rings (SSSR count). The number of hydrogen-bond acceptors (Lipinski definition) is 3. The van der Waals surface area contributed by atoms with Crippen LogP contribution in [-0.4, -0.2) is 41.8 Å². The Morgan fingerprint density at radius 1 is 1.29 bits per heavy atom. The van der Waals surface area contributed by atoms with E-state index in [4.69, 9.17) is 0 Å². The molecule has 1 atom stereocenters. The maximum atomic E-state index is 4.21. The largest absolute Gasteiger partial charge is 0.311 e. The monoisotopic (exact) mass is 238 g/mol. The van der Waals surface area contributed by atoms with E-state index in [2.05, 4.69) is 55.3 Å². The molecule has 1 aromatic heterocycles. The number of H-pyrrole nitrogens is 1. The van der Waals surface area contributed by atoms with E-state index in [0.717, 1.165) is 18.8 Å². The minimum absolute atomic E-state index is 0.572. The lowest BCUT2D eigenvalue weighted by Crippen LogP contribution is -2.41. The molecule has 0 saturated carbocycles. The predicted molar refractivity (Wildman–Crippen MR) is 72.1 cm³/mol. The Kier molecular flexibility index (Phi) is 5.15. The number of nitrogens with one attached hydrogen (secondary N) is 2. The quantitative estimate of drug-likeness (QED) is 0.793. The normalized spacial score (nSPS) is 13.6. The summed E-state index contributed by atoms with van der Waals surface area (Å²) < 4.78 is 0. The zero-order valence-corrected chi connectivity index (χ0v) is 12.0. The van der Waals surface area contributed by atoms with Gasteiger partial charge in [0.25, 0.3) is 0 Å². The lowest BCUT2D eigenvalue weighted by molar-refractivity contribution is 0.224. The van der Waals surface area contributed by atoms with E-state index >= 15 is 0 Å². The van der Waals surface area contributed by atoms with Crippen LogP contribution in [0.25, 0.3) is 0 Å². The van der Waals surface area contributed by atoms with Crippen LogP contribution in [0.2, 0.25) is 0 Å². The standard InChI is InChI=1S/C13H26N4/c1-9(2)13(17(5)6)8-14-7-12-10(3)15-16-11(12)4/h9,13-14H,7-8H2,1-6H3,(H,15,16). The summed E-state index contributed by atoms with van der Waals surface area (Å²) in [4.78, 5) is 2.28. The minimum atomic E-state index is 0.572. The molecule has 4 heteroatoms. The van der Waals surface area contributed by atoms with Gasteiger partial charge in [-0.3, -0.25) is 5.10 Å². The van der Waals surface area contributed by atoms with Gasteiger partial charge in [-0.05, 0) is 33.9 Å². The van der Waals surface area contributed by atoms with Crippen LogP contribution in [0.15, 0.2) is 0 Å². The number of aromatic amines is 1. The van der Waals surface area contributed by atoms with E-state index in [0.29, 0.717) is 12.0 Å². The van der Waals surface area contributed by atoms with Crippen molar-refractivity contribution in [2.75, 3.05) is 20.6 Å². The zero-order valence-electron chi connectivity index (χ0n) is 12.0. The van der Waals surface area contributed by atoms with Crippen molar-refractivity contribution in [3.63, 3.8) is 0 Å². The first-order valence-electron chi connectivity index (χ1n) is 6.31. The first-order chi connectivity index (χ1) is 7.93. The fourth-order valence-corrected chi connectivity index (χ4v) is 2.19. The highest BCUT2D eigenvalue weighted by molar-refractivity contribution is 5.22. The highest BCUT2D eigenvalue weighted by Gasteiger charge is 2.15. The van der Waals surface area contributed by atoms with Crippen molar-refractivity contribution >= 4 is 0 Å². The third-order valence-electron chi connectivity index (χ3n) is 3.37. The zero-order chi connectivity index (χ0) is 13.0. The molecule has 0 radical (unpaired) electrons. The van der Waals surface area contributed by atoms with Gasteiger partial charge >= 0.3 is 0 Å². The summed E-state index contributed by atoms with van der Waals surface area (Å²) in [6.07, 6.45) is 0. The second-order valence-corrected chi connectivity index (χ2v) is 5.32. The van der Waals surface area contributed by atoms with Crippen LogP contribution in [0.5, 0.6) is 0 Å². The van der Waals surface area contributed by atoms with Crippen LogP contribution in [0, 0.1) is 19.8 Å². The lowest BCUT2D eigenvalue weighted by atomic mass is 10.0. The molecule has 1 unspecified atom stereocenters. The van der Waals surface area contributed by atoms with Crippen molar-refractivity contribution in [2.24, 2.45) is 5.92 Å². The molecule has 0 spiro atoms. The topological polar surface area (TPSA) is 44.0 Å². The molecule has 0 amide bonds. The Hall–Kier alpha value is -0.870. The van der Waals surface area contributed by atoms with Gasteiger partial charge in [0.1, 0.15) is 0 Å². The van der Waals surface area contributed by atoms with Crippen molar-refractivity contribution in [2.45, 2.75) is 40.3 Å². The van der Waals surface area contributed by atoms with Crippen molar-refractivity contribution < 1.29 is 0 Å². The number of nitrogens with zero attached hydrogens (tertiary/aromatic N) is 2. The number of likely N-dealkylation sites (N-methyl/N-ethyl adjacent to an activating group) is 1. The SMILES string of the molecule is Cc1n[nH]c(C)c1CNCC(C(C)C)N(C)C. The van der Waals surface area contributed by atoms with Gasteiger partial charge in [-0.15, -0.1) is 0 Å². The van der Waals surface area contributed by atoms with Gasteiger partial charge < -0.3 is 10.2 Å². The maximum Gasteiger partial charge on any atom is 0.0638 e. The number of hydrogen-bond donors (Lipinski definition) is 2. The van der Waals surface area contributed by atoms with Crippen LogP contribution in [0.4, 0.5) is 0 Å². The van der Waals surface area contributed by atoms with Crippen molar-refractivity contribution in [1.82, 2.24) is 20.4 Å². The molecule has 0 aliphatic rings.